The number of likely N-dealkylation sites (N-methyl/N-ethyl adjacent to an activating group) is 1. The largest absolute Gasteiger partial charge is 0.358 e. The van der Waals surface area contributed by atoms with Gasteiger partial charge in [0.25, 0.3) is 0 Å². The number of aromatic nitrogens is 2. The van der Waals surface area contributed by atoms with E-state index in [0.717, 1.165) is 31.9 Å². The first-order chi connectivity index (χ1) is 8.76. The van der Waals surface area contributed by atoms with Gasteiger partial charge in [0.1, 0.15) is 6.04 Å². The fraction of sp³-hybridized carbons (Fsp3) is 0.667. The average molecular weight is 251 g/mol. The summed E-state index contributed by atoms with van der Waals surface area (Å²) >= 11 is 0. The molecule has 0 aliphatic carbocycles. The number of piperazine rings is 1. The highest BCUT2D eigenvalue weighted by Gasteiger charge is 2.28. The van der Waals surface area contributed by atoms with E-state index in [0.29, 0.717) is 6.54 Å². The van der Waals surface area contributed by atoms with Gasteiger partial charge < -0.3 is 10.6 Å². The molecule has 1 atom stereocenters. The van der Waals surface area contributed by atoms with Crippen molar-refractivity contribution >= 4 is 5.91 Å². The van der Waals surface area contributed by atoms with Gasteiger partial charge in [-0.1, -0.05) is 0 Å². The van der Waals surface area contributed by atoms with Gasteiger partial charge in [0, 0.05) is 46.0 Å². The number of amides is 1. The Balaban J connectivity index is 2.08. The Hall–Kier alpha value is -1.40. The van der Waals surface area contributed by atoms with E-state index in [1.807, 2.05) is 16.9 Å². The zero-order valence-corrected chi connectivity index (χ0v) is 11.0. The molecule has 0 saturated carbocycles. The minimum atomic E-state index is -0.0936. The Bertz CT molecular complexity index is 403. The average Bonchev–Trinajstić information content (AvgIpc) is 2.86. The van der Waals surface area contributed by atoms with Crippen LogP contribution in [0.5, 0.6) is 0 Å². The topological polar surface area (TPSA) is 62.2 Å². The van der Waals surface area contributed by atoms with Crippen molar-refractivity contribution in [2.45, 2.75) is 26.1 Å². The van der Waals surface area contributed by atoms with E-state index < -0.39 is 0 Å². The van der Waals surface area contributed by atoms with E-state index in [1.54, 1.807) is 7.05 Å². The molecule has 100 valence electrons. The standard InChI is InChI=1S/C12H21N5O/c1-3-17-10(4-5-15-17)9-16-7-6-14-8-11(16)12(18)13-2/h4-5,11,14H,3,6-9H2,1-2H3,(H,13,18). The smallest absolute Gasteiger partial charge is 0.238 e. The third-order valence-electron chi connectivity index (χ3n) is 3.37. The van der Waals surface area contributed by atoms with Crippen LogP contribution in [0.1, 0.15) is 12.6 Å². The molecule has 1 aliphatic rings. The van der Waals surface area contributed by atoms with Crippen molar-refractivity contribution in [1.29, 1.82) is 0 Å². The Morgan fingerprint density at radius 1 is 1.67 bits per heavy atom. The van der Waals surface area contributed by atoms with Crippen LogP contribution in [0, 0.1) is 0 Å². The summed E-state index contributed by atoms with van der Waals surface area (Å²) in [5, 5.41) is 10.3. The van der Waals surface area contributed by atoms with Crippen molar-refractivity contribution in [3.05, 3.63) is 18.0 Å². The van der Waals surface area contributed by atoms with Crippen LogP contribution in [0.15, 0.2) is 12.3 Å². The molecule has 6 nitrogen and oxygen atoms in total. The van der Waals surface area contributed by atoms with Gasteiger partial charge >= 0.3 is 0 Å². The van der Waals surface area contributed by atoms with Gasteiger partial charge in [0.05, 0.1) is 5.69 Å². The number of nitrogens with one attached hydrogen (secondary N) is 2. The van der Waals surface area contributed by atoms with Crippen LogP contribution in [0.4, 0.5) is 0 Å². The molecule has 1 fully saturated rings. The van der Waals surface area contributed by atoms with Gasteiger partial charge in [-0.2, -0.15) is 5.10 Å². The Morgan fingerprint density at radius 3 is 3.22 bits per heavy atom. The first kappa shape index (κ1) is 13.0. The fourth-order valence-corrected chi connectivity index (χ4v) is 2.35. The van der Waals surface area contributed by atoms with E-state index >= 15 is 0 Å². The summed E-state index contributed by atoms with van der Waals surface area (Å²) in [5.74, 6) is 0.0739. The van der Waals surface area contributed by atoms with E-state index in [4.69, 9.17) is 0 Å². The minimum Gasteiger partial charge on any atom is -0.358 e. The van der Waals surface area contributed by atoms with E-state index in [-0.39, 0.29) is 11.9 Å². The molecule has 0 spiro atoms. The third-order valence-corrected chi connectivity index (χ3v) is 3.37. The molecule has 2 N–H and O–H groups in total. The molecular formula is C12H21N5O. The third kappa shape index (κ3) is 2.70. The second-order valence-electron chi connectivity index (χ2n) is 4.44. The second kappa shape index (κ2) is 5.97. The fourth-order valence-electron chi connectivity index (χ4n) is 2.35. The van der Waals surface area contributed by atoms with Gasteiger partial charge in [0.15, 0.2) is 0 Å². The van der Waals surface area contributed by atoms with Gasteiger partial charge in [-0.3, -0.25) is 14.4 Å². The van der Waals surface area contributed by atoms with Crippen LogP contribution in [0.2, 0.25) is 0 Å². The van der Waals surface area contributed by atoms with E-state index in [2.05, 4.69) is 27.6 Å². The maximum absolute atomic E-state index is 11.8. The number of carbonyl (C=O) groups is 1. The van der Waals surface area contributed by atoms with E-state index in [1.165, 1.54) is 0 Å². The molecular weight excluding hydrogens is 230 g/mol. The minimum absolute atomic E-state index is 0.0739. The zero-order valence-electron chi connectivity index (χ0n) is 11.0. The van der Waals surface area contributed by atoms with Crippen LogP contribution >= 0.6 is 0 Å². The number of nitrogens with zero attached hydrogens (tertiary/aromatic N) is 3. The number of carbonyl (C=O) groups excluding carboxylic acids is 1. The Morgan fingerprint density at radius 2 is 2.50 bits per heavy atom. The number of hydrogen-bond acceptors (Lipinski definition) is 4. The molecule has 6 heteroatoms. The number of aryl methyl sites for hydroxylation is 1. The molecule has 1 aromatic rings. The molecule has 2 rings (SSSR count). The summed E-state index contributed by atoms with van der Waals surface area (Å²) in [6, 6.07) is 1.93. The van der Waals surface area contributed by atoms with E-state index in [9.17, 15) is 4.79 Å². The second-order valence-corrected chi connectivity index (χ2v) is 4.44. The molecule has 1 amide bonds. The van der Waals surface area contributed by atoms with Crippen LogP contribution in [0.3, 0.4) is 0 Å². The van der Waals surface area contributed by atoms with Crippen LogP contribution in [-0.2, 0) is 17.9 Å². The summed E-state index contributed by atoms with van der Waals surface area (Å²) in [5.41, 5.74) is 1.16. The Labute approximate surface area is 107 Å². The molecule has 1 aliphatic heterocycles. The Kier molecular flexibility index (Phi) is 4.33. The lowest BCUT2D eigenvalue weighted by Crippen LogP contribution is -2.57. The number of hydrogen-bond donors (Lipinski definition) is 2. The maximum Gasteiger partial charge on any atom is 0.238 e. The lowest BCUT2D eigenvalue weighted by atomic mass is 10.1. The van der Waals surface area contributed by atoms with Gasteiger partial charge in [-0.25, -0.2) is 0 Å². The van der Waals surface area contributed by atoms with Crippen molar-refractivity contribution in [1.82, 2.24) is 25.3 Å². The van der Waals surface area contributed by atoms with Gasteiger partial charge in [0.2, 0.25) is 5.91 Å². The van der Waals surface area contributed by atoms with Crippen LogP contribution in [-0.4, -0.2) is 53.3 Å². The molecule has 1 aromatic heterocycles. The van der Waals surface area contributed by atoms with Crippen molar-refractivity contribution < 1.29 is 4.79 Å². The number of rotatable bonds is 4. The lowest BCUT2D eigenvalue weighted by molar-refractivity contribution is -0.126. The SMILES string of the molecule is CCn1nccc1CN1CCNCC1C(=O)NC. The van der Waals surface area contributed by atoms with Crippen molar-refractivity contribution in [2.75, 3.05) is 26.7 Å². The van der Waals surface area contributed by atoms with Crippen molar-refractivity contribution in [2.24, 2.45) is 0 Å². The molecule has 0 bridgehead atoms. The van der Waals surface area contributed by atoms with Crippen LogP contribution in [0.25, 0.3) is 0 Å². The molecule has 0 radical (unpaired) electrons. The highest BCUT2D eigenvalue weighted by Crippen LogP contribution is 2.10. The van der Waals surface area contributed by atoms with Gasteiger partial charge in [-0.05, 0) is 13.0 Å². The van der Waals surface area contributed by atoms with Crippen molar-refractivity contribution in [3.8, 4) is 0 Å². The summed E-state index contributed by atoms with van der Waals surface area (Å²) in [4.78, 5) is 14.1. The molecule has 1 unspecified atom stereocenters. The predicted molar refractivity (Wildman–Crippen MR) is 69.0 cm³/mol. The quantitative estimate of drug-likeness (QED) is 0.752. The summed E-state index contributed by atoms with van der Waals surface area (Å²) in [6.45, 7) is 6.22. The molecule has 18 heavy (non-hydrogen) atoms. The molecule has 1 saturated heterocycles. The van der Waals surface area contributed by atoms with Crippen molar-refractivity contribution in [3.63, 3.8) is 0 Å². The first-order valence-corrected chi connectivity index (χ1v) is 6.43. The first-order valence-electron chi connectivity index (χ1n) is 6.43. The van der Waals surface area contributed by atoms with Gasteiger partial charge in [-0.15, -0.1) is 0 Å². The monoisotopic (exact) mass is 251 g/mol. The highest BCUT2D eigenvalue weighted by atomic mass is 16.2. The predicted octanol–water partition coefficient (Wildman–Crippen LogP) is -0.577. The van der Waals surface area contributed by atoms with Crippen LogP contribution < -0.4 is 10.6 Å². The highest BCUT2D eigenvalue weighted by molar-refractivity contribution is 5.81. The molecule has 2 heterocycles. The summed E-state index contributed by atoms with van der Waals surface area (Å²) in [7, 11) is 1.69. The molecule has 0 aromatic carbocycles. The normalized spacial score (nSPS) is 20.9. The summed E-state index contributed by atoms with van der Waals surface area (Å²) in [6.07, 6.45) is 1.82. The zero-order chi connectivity index (χ0) is 13.0. The lowest BCUT2D eigenvalue weighted by Gasteiger charge is -2.34. The maximum atomic E-state index is 11.8. The summed E-state index contributed by atoms with van der Waals surface area (Å²) < 4.78 is 1.98.